The van der Waals surface area contributed by atoms with Gasteiger partial charge < -0.3 is 0 Å². The zero-order valence-corrected chi connectivity index (χ0v) is 5.24. The van der Waals surface area contributed by atoms with Crippen LogP contribution in [0, 0.1) is 0 Å². The first kappa shape index (κ1) is 4.45. The van der Waals surface area contributed by atoms with Gasteiger partial charge in [-0.05, 0) is 17.7 Å². The van der Waals surface area contributed by atoms with Crippen LogP contribution >= 0.6 is 11.8 Å². The number of fused-ring (bicyclic) bond motifs is 2. The zero-order valence-electron chi connectivity index (χ0n) is 4.42. The van der Waals surface area contributed by atoms with E-state index in [2.05, 4.69) is 24.3 Å². The molecule has 2 rings (SSSR count). The van der Waals surface area contributed by atoms with Gasteiger partial charge in [-0.1, -0.05) is 12.1 Å². The van der Waals surface area contributed by atoms with Crippen molar-refractivity contribution in [3.63, 3.8) is 0 Å². The van der Waals surface area contributed by atoms with Gasteiger partial charge in [-0.3, -0.25) is 0 Å². The first-order valence-electron chi connectivity index (χ1n) is 2.67. The molecule has 1 aromatic carbocycles. The van der Waals surface area contributed by atoms with Crippen molar-refractivity contribution >= 4 is 11.8 Å². The summed E-state index contributed by atoms with van der Waals surface area (Å²) in [6.45, 7) is 0. The lowest BCUT2D eigenvalue weighted by Gasteiger charge is -1.81. The van der Waals surface area contributed by atoms with Crippen LogP contribution in [0.3, 0.4) is 0 Å². The minimum atomic E-state index is 1.18. The van der Waals surface area contributed by atoms with Crippen molar-refractivity contribution in [2.75, 3.05) is 0 Å². The molecular weight excluding hydrogens is 116 g/mol. The van der Waals surface area contributed by atoms with Gasteiger partial charge in [-0.25, -0.2) is 0 Å². The minimum absolute atomic E-state index is 1.18. The smallest absolute Gasteiger partial charge is 0.0232 e. The van der Waals surface area contributed by atoms with E-state index in [-0.39, 0.29) is 0 Å². The van der Waals surface area contributed by atoms with Crippen molar-refractivity contribution in [2.24, 2.45) is 0 Å². The van der Waals surface area contributed by atoms with E-state index in [1.807, 2.05) is 11.8 Å². The Morgan fingerprint density at radius 1 is 1.38 bits per heavy atom. The Hall–Kier alpha value is -0.430. The molecule has 0 saturated heterocycles. The van der Waals surface area contributed by atoms with E-state index in [4.69, 9.17) is 0 Å². The van der Waals surface area contributed by atoms with Crippen molar-refractivity contribution in [1.82, 2.24) is 0 Å². The van der Waals surface area contributed by atoms with Crippen LogP contribution in [0.25, 0.3) is 0 Å². The second kappa shape index (κ2) is 1.52. The van der Waals surface area contributed by atoms with Gasteiger partial charge in [0.15, 0.2) is 0 Å². The van der Waals surface area contributed by atoms with Gasteiger partial charge in [0.05, 0.1) is 0 Å². The summed E-state index contributed by atoms with van der Waals surface area (Å²) in [7, 11) is 0. The number of hydrogen-bond donors (Lipinski definition) is 0. The van der Waals surface area contributed by atoms with E-state index < -0.39 is 0 Å². The van der Waals surface area contributed by atoms with Crippen LogP contribution in [0.4, 0.5) is 0 Å². The molecule has 0 nitrogen and oxygen atoms in total. The van der Waals surface area contributed by atoms with E-state index in [0.29, 0.717) is 0 Å². The van der Waals surface area contributed by atoms with E-state index in [9.17, 15) is 0 Å². The van der Waals surface area contributed by atoms with Crippen LogP contribution in [-0.4, -0.2) is 0 Å². The van der Waals surface area contributed by atoms with Crippen LogP contribution in [0.1, 0.15) is 5.56 Å². The lowest BCUT2D eigenvalue weighted by molar-refractivity contribution is 1.41. The Morgan fingerprint density at radius 3 is 3.12 bits per heavy atom. The molecule has 0 aliphatic carbocycles. The topological polar surface area (TPSA) is 0 Å². The van der Waals surface area contributed by atoms with Crippen molar-refractivity contribution in [3.8, 4) is 0 Å². The highest BCUT2D eigenvalue weighted by molar-refractivity contribution is 7.98. The fraction of sp³-hybridized carbons (Fsp3) is 0.143. The van der Waals surface area contributed by atoms with Gasteiger partial charge in [0, 0.05) is 10.6 Å². The summed E-state index contributed by atoms with van der Waals surface area (Å²) < 4.78 is 0. The van der Waals surface area contributed by atoms with Crippen LogP contribution in [0.2, 0.25) is 0 Å². The van der Waals surface area contributed by atoms with E-state index >= 15 is 0 Å². The summed E-state index contributed by atoms with van der Waals surface area (Å²) in [6, 6.07) is 8.68. The third-order valence-electron chi connectivity index (χ3n) is 1.30. The van der Waals surface area contributed by atoms with Gasteiger partial charge in [-0.15, -0.1) is 11.8 Å². The molecule has 0 unspecified atom stereocenters. The van der Waals surface area contributed by atoms with Crippen molar-refractivity contribution in [3.05, 3.63) is 29.8 Å². The van der Waals surface area contributed by atoms with E-state index in [0.717, 1.165) is 0 Å². The molecule has 0 saturated carbocycles. The molecule has 1 aromatic rings. The molecule has 0 atom stereocenters. The molecule has 0 spiro atoms. The number of hydrogen-bond acceptors (Lipinski definition) is 1. The zero-order chi connectivity index (χ0) is 5.40. The molecule has 0 aromatic heterocycles. The van der Waals surface area contributed by atoms with Crippen LogP contribution in [0.5, 0.6) is 0 Å². The Balaban J connectivity index is 2.66. The summed E-state index contributed by atoms with van der Waals surface area (Å²) in [5, 5.41) is 0. The maximum atomic E-state index is 2.24. The molecule has 1 heteroatoms. The molecule has 0 amide bonds. The van der Waals surface area contributed by atoms with Gasteiger partial charge in [0.25, 0.3) is 0 Å². The average Bonchev–Trinajstić information content (AvgIpc) is 2.12. The van der Waals surface area contributed by atoms with Gasteiger partial charge in [0.2, 0.25) is 0 Å². The average molecular weight is 122 g/mol. The predicted molar refractivity (Wildman–Crippen MR) is 36.0 cm³/mol. The number of rotatable bonds is 0. The third kappa shape index (κ3) is 0.548. The number of benzene rings is 1. The van der Waals surface area contributed by atoms with Crippen molar-refractivity contribution < 1.29 is 0 Å². The first-order chi connectivity index (χ1) is 3.95. The highest BCUT2D eigenvalue weighted by Gasteiger charge is 2.03. The first-order valence-corrected chi connectivity index (χ1v) is 3.65. The SMILES string of the molecule is c1cc2cc(c1)SC2. The Bertz CT molecular complexity index is 186. The summed E-state index contributed by atoms with van der Waals surface area (Å²) in [5.74, 6) is 1.18. The molecule has 1 aliphatic heterocycles. The minimum Gasteiger partial charge on any atom is -0.121 e. The largest absolute Gasteiger partial charge is 0.121 e. The maximum absolute atomic E-state index is 2.24. The summed E-state index contributed by atoms with van der Waals surface area (Å²) in [6.07, 6.45) is 0. The van der Waals surface area contributed by atoms with Crippen LogP contribution < -0.4 is 0 Å². The molecule has 1 heterocycles. The van der Waals surface area contributed by atoms with Gasteiger partial charge >= 0.3 is 0 Å². The standard InChI is InChI=1S/C7H6S/c1-2-6-4-7(3-1)8-5-6/h1-4H,5H2. The Kier molecular flexibility index (Phi) is 0.847. The van der Waals surface area contributed by atoms with Crippen LogP contribution in [-0.2, 0) is 5.75 Å². The van der Waals surface area contributed by atoms with Gasteiger partial charge in [0.1, 0.15) is 0 Å². The fourth-order valence-corrected chi connectivity index (χ4v) is 1.81. The highest BCUT2D eigenvalue weighted by Crippen LogP contribution is 2.30. The Morgan fingerprint density at radius 2 is 2.38 bits per heavy atom. The predicted octanol–water partition coefficient (Wildman–Crippen LogP) is 2.29. The van der Waals surface area contributed by atoms with E-state index in [1.54, 1.807) is 0 Å². The second-order valence-corrected chi connectivity index (χ2v) is 2.98. The van der Waals surface area contributed by atoms with Crippen molar-refractivity contribution in [1.29, 1.82) is 0 Å². The quantitative estimate of drug-likeness (QED) is 0.508. The molecule has 8 heavy (non-hydrogen) atoms. The fourth-order valence-electron chi connectivity index (χ4n) is 0.892. The number of thioether (sulfide) groups is 1. The lowest BCUT2D eigenvalue weighted by Crippen LogP contribution is -1.64. The molecule has 2 bridgehead atoms. The molecule has 0 radical (unpaired) electrons. The maximum Gasteiger partial charge on any atom is 0.0232 e. The monoisotopic (exact) mass is 122 g/mol. The molecule has 40 valence electrons. The summed E-state index contributed by atoms with van der Waals surface area (Å²) in [4.78, 5) is 1.42. The molecule has 0 N–H and O–H groups in total. The van der Waals surface area contributed by atoms with Gasteiger partial charge in [-0.2, -0.15) is 0 Å². The summed E-state index contributed by atoms with van der Waals surface area (Å²) >= 11 is 1.92. The second-order valence-electron chi connectivity index (χ2n) is 1.94. The third-order valence-corrected chi connectivity index (χ3v) is 2.37. The van der Waals surface area contributed by atoms with E-state index in [1.165, 1.54) is 16.2 Å². The molecular formula is C7H6S. The normalized spacial score (nSPS) is 14.5. The highest BCUT2D eigenvalue weighted by atomic mass is 32.2. The van der Waals surface area contributed by atoms with Crippen LogP contribution in [0.15, 0.2) is 29.2 Å². The van der Waals surface area contributed by atoms with Crippen molar-refractivity contribution in [2.45, 2.75) is 10.6 Å². The molecule has 1 aliphatic rings. The Labute approximate surface area is 52.9 Å². The molecule has 0 fully saturated rings. The lowest BCUT2D eigenvalue weighted by atomic mass is 10.2. The summed E-state index contributed by atoms with van der Waals surface area (Å²) in [5.41, 5.74) is 1.47.